The number of sulfonamides is 2. The van der Waals surface area contributed by atoms with E-state index in [1.54, 1.807) is 13.8 Å². The highest BCUT2D eigenvalue weighted by Crippen LogP contribution is 2.21. The molecule has 2 atom stereocenters. The molecule has 0 saturated heterocycles. The van der Waals surface area contributed by atoms with Crippen molar-refractivity contribution < 1.29 is 16.8 Å². The summed E-state index contributed by atoms with van der Waals surface area (Å²) >= 11 is 0. The number of benzene rings is 2. The van der Waals surface area contributed by atoms with E-state index in [4.69, 9.17) is 11.5 Å². The third kappa shape index (κ3) is 7.64. The lowest BCUT2D eigenvalue weighted by Gasteiger charge is -2.24. The van der Waals surface area contributed by atoms with Crippen LogP contribution in [0.15, 0.2) is 36.4 Å². The van der Waals surface area contributed by atoms with Crippen LogP contribution >= 0.6 is 0 Å². The van der Waals surface area contributed by atoms with Crippen LogP contribution in [-0.4, -0.2) is 63.4 Å². The van der Waals surface area contributed by atoms with Crippen LogP contribution < -0.4 is 22.3 Å². The molecule has 2 aromatic rings. The summed E-state index contributed by atoms with van der Waals surface area (Å²) in [6.07, 6.45) is -0.455. The Morgan fingerprint density at radius 1 is 0.722 bits per heavy atom. The normalized spacial score (nSPS) is 14.2. The second-order valence-corrected chi connectivity index (χ2v) is 13.5. The van der Waals surface area contributed by atoms with Gasteiger partial charge in [0.05, 0.1) is 35.2 Å². The van der Waals surface area contributed by atoms with Crippen molar-refractivity contribution in [2.24, 2.45) is 11.5 Å². The van der Waals surface area contributed by atoms with E-state index >= 15 is 0 Å². The fourth-order valence-electron chi connectivity index (χ4n) is 3.68. The number of nitrogens with zero attached hydrogens (tertiary/aromatic N) is 2. The molecule has 2 rings (SSSR count). The van der Waals surface area contributed by atoms with E-state index in [0.717, 1.165) is 33.6 Å². The lowest BCUT2D eigenvalue weighted by atomic mass is 10.0. The summed E-state index contributed by atoms with van der Waals surface area (Å²) in [5.41, 5.74) is 24.2. The molecule has 0 bridgehead atoms. The van der Waals surface area contributed by atoms with Gasteiger partial charge in [0.25, 0.3) is 0 Å². The Balaban J connectivity index is 2.01. The molecule has 0 amide bonds. The predicted molar refractivity (Wildman–Crippen MR) is 147 cm³/mol. The number of anilines is 2. The molecule has 2 unspecified atom stereocenters. The van der Waals surface area contributed by atoms with Crippen LogP contribution in [0, 0.1) is 13.8 Å². The molecule has 0 fully saturated rings. The summed E-state index contributed by atoms with van der Waals surface area (Å²) in [4.78, 5) is 0. The van der Waals surface area contributed by atoms with E-state index in [-0.39, 0.29) is 11.5 Å². The Morgan fingerprint density at radius 3 is 1.33 bits per heavy atom. The maximum atomic E-state index is 12.1. The highest BCUT2D eigenvalue weighted by Gasteiger charge is 2.23. The highest BCUT2D eigenvalue weighted by molar-refractivity contribution is 7.89. The first-order valence-electron chi connectivity index (χ1n) is 11.9. The van der Waals surface area contributed by atoms with Crippen LogP contribution in [0.1, 0.15) is 36.1 Å². The average molecular weight is 541 g/mol. The fourth-order valence-corrected chi connectivity index (χ4v) is 5.47. The largest absolute Gasteiger partial charge is 0.315 e. The second-order valence-electron chi connectivity index (χ2n) is 8.91. The van der Waals surface area contributed by atoms with Crippen molar-refractivity contribution in [3.05, 3.63) is 58.7 Å². The molecule has 10 nitrogen and oxygen atoms in total. The monoisotopic (exact) mass is 540 g/mol. The summed E-state index contributed by atoms with van der Waals surface area (Å²) in [5.74, 6) is 0.0194. The molecule has 0 aliphatic carbocycles. The highest BCUT2D eigenvalue weighted by atomic mass is 32.2. The Hall–Kier alpha value is -2.22. The van der Waals surface area contributed by atoms with Gasteiger partial charge in [0.1, 0.15) is 0 Å². The number of hydrogen-bond donors (Lipinski definition) is 4. The number of hydrazine groups is 1. The third-order valence-corrected chi connectivity index (χ3v) is 10.2. The zero-order valence-corrected chi connectivity index (χ0v) is 23.6. The minimum absolute atomic E-state index is 0.00970. The summed E-state index contributed by atoms with van der Waals surface area (Å²) in [6.45, 7) is 7.11. The second kappa shape index (κ2) is 12.3. The van der Waals surface area contributed by atoms with Gasteiger partial charge in [-0.25, -0.2) is 16.8 Å². The molecule has 6 N–H and O–H groups in total. The molecule has 0 spiro atoms. The van der Waals surface area contributed by atoms with Gasteiger partial charge in [-0.05, 0) is 74.2 Å². The minimum Gasteiger partial charge on any atom is -0.315 e. The molecule has 2 aromatic carbocycles. The quantitative estimate of drug-likeness (QED) is 0.222. The van der Waals surface area contributed by atoms with Gasteiger partial charge >= 0.3 is 0 Å². The van der Waals surface area contributed by atoms with E-state index < -0.39 is 32.4 Å². The van der Waals surface area contributed by atoms with Gasteiger partial charge in [-0.2, -0.15) is 8.61 Å². The number of nitrogens with one attached hydrogen (secondary N) is 2. The smallest absolute Gasteiger partial charge is 0.214 e. The zero-order chi connectivity index (χ0) is 27.3. The van der Waals surface area contributed by atoms with E-state index in [2.05, 4.69) is 10.9 Å². The van der Waals surface area contributed by atoms with Crippen LogP contribution in [0.4, 0.5) is 11.4 Å². The third-order valence-electron chi connectivity index (χ3n) is 6.44. The Kier molecular flexibility index (Phi) is 10.3. The van der Waals surface area contributed by atoms with Crippen LogP contribution in [-0.2, 0) is 32.9 Å². The molecular weight excluding hydrogens is 500 g/mol. The SMILES string of the molecule is CCS(=O)(=O)N(C)C(N)Cc1ccc(NNc2ccc(CC(N)N(C)S(=O)(=O)CC)c(C)c2)cc1C. The van der Waals surface area contributed by atoms with E-state index in [1.165, 1.54) is 22.7 Å². The number of nitrogens with two attached hydrogens (primary N) is 2. The maximum absolute atomic E-state index is 12.1. The van der Waals surface area contributed by atoms with Gasteiger partial charge in [-0.15, -0.1) is 0 Å². The number of likely N-dealkylation sites (N-methyl/N-ethyl adjacent to an activating group) is 2. The standard InChI is InChI=1S/C24H40N6O4S2/c1-7-35(31,32)29(5)23(25)15-19-9-11-21(13-17(19)3)27-28-22-12-10-20(18(4)14-22)16-24(26)30(6)36(33,34)8-2/h9-14,23-24,27-28H,7-8,15-16,25-26H2,1-6H3. The van der Waals surface area contributed by atoms with Gasteiger partial charge in [0.15, 0.2) is 0 Å². The van der Waals surface area contributed by atoms with Crippen molar-refractivity contribution >= 4 is 31.4 Å². The molecule has 0 heterocycles. The number of hydrogen-bond acceptors (Lipinski definition) is 8. The summed E-state index contributed by atoms with van der Waals surface area (Å²) in [6, 6.07) is 11.6. The van der Waals surface area contributed by atoms with E-state index in [9.17, 15) is 16.8 Å². The summed E-state index contributed by atoms with van der Waals surface area (Å²) in [5, 5.41) is 0. The van der Waals surface area contributed by atoms with Crippen molar-refractivity contribution in [3.8, 4) is 0 Å². The topological polar surface area (TPSA) is 151 Å². The zero-order valence-electron chi connectivity index (χ0n) is 21.9. The van der Waals surface area contributed by atoms with Gasteiger partial charge < -0.3 is 22.3 Å². The first-order chi connectivity index (χ1) is 16.7. The summed E-state index contributed by atoms with van der Waals surface area (Å²) in [7, 11) is -3.70. The van der Waals surface area contributed by atoms with Gasteiger partial charge in [-0.1, -0.05) is 12.1 Å². The Bertz CT molecular complexity index is 1150. The lowest BCUT2D eigenvalue weighted by Crippen LogP contribution is -2.45. The molecule has 0 saturated carbocycles. The van der Waals surface area contributed by atoms with Crippen molar-refractivity contribution in [3.63, 3.8) is 0 Å². The number of rotatable bonds is 13. The summed E-state index contributed by atoms with van der Waals surface area (Å²) < 4.78 is 50.7. The Morgan fingerprint density at radius 2 is 1.06 bits per heavy atom. The van der Waals surface area contributed by atoms with Crippen molar-refractivity contribution in [1.29, 1.82) is 0 Å². The molecule has 202 valence electrons. The fraction of sp³-hybridized carbons (Fsp3) is 0.500. The van der Waals surface area contributed by atoms with Gasteiger partial charge in [0, 0.05) is 26.9 Å². The van der Waals surface area contributed by atoms with E-state index in [0.29, 0.717) is 12.8 Å². The average Bonchev–Trinajstić information content (AvgIpc) is 2.84. The van der Waals surface area contributed by atoms with Crippen LogP contribution in [0.5, 0.6) is 0 Å². The number of aryl methyl sites for hydroxylation is 2. The molecule has 36 heavy (non-hydrogen) atoms. The van der Waals surface area contributed by atoms with Crippen molar-refractivity contribution in [1.82, 2.24) is 8.61 Å². The first-order valence-corrected chi connectivity index (χ1v) is 15.1. The minimum atomic E-state index is -3.35. The van der Waals surface area contributed by atoms with Gasteiger partial charge in [-0.3, -0.25) is 0 Å². The lowest BCUT2D eigenvalue weighted by molar-refractivity contribution is 0.373. The van der Waals surface area contributed by atoms with E-state index in [1.807, 2.05) is 50.2 Å². The van der Waals surface area contributed by atoms with Crippen LogP contribution in [0.3, 0.4) is 0 Å². The molecule has 0 aliphatic heterocycles. The maximum Gasteiger partial charge on any atom is 0.214 e. The molecule has 0 aliphatic rings. The molecule has 12 heteroatoms. The first kappa shape index (κ1) is 30.0. The predicted octanol–water partition coefficient (Wildman–Crippen LogP) is 1.96. The molecule has 0 aromatic heterocycles. The van der Waals surface area contributed by atoms with Gasteiger partial charge in [0.2, 0.25) is 20.0 Å². The van der Waals surface area contributed by atoms with Crippen LogP contribution in [0.2, 0.25) is 0 Å². The Labute approximate surface area is 216 Å². The van der Waals surface area contributed by atoms with Crippen LogP contribution in [0.25, 0.3) is 0 Å². The molecule has 0 radical (unpaired) electrons. The molecular formula is C24H40N6O4S2. The van der Waals surface area contributed by atoms with Crippen molar-refractivity contribution in [2.75, 3.05) is 36.5 Å². The van der Waals surface area contributed by atoms with Crippen molar-refractivity contribution in [2.45, 2.75) is 52.9 Å².